The van der Waals surface area contributed by atoms with Crippen LogP contribution in [-0.2, 0) is 0 Å². The smallest absolute Gasteiger partial charge is 0.0541 e. The number of rotatable bonds is 1. The average molecular weight is 155 g/mol. The summed E-state index contributed by atoms with van der Waals surface area (Å²) >= 11 is 0. The van der Waals surface area contributed by atoms with E-state index in [2.05, 4.69) is 0 Å². The summed E-state index contributed by atoms with van der Waals surface area (Å²) in [5.41, 5.74) is 6.33. The van der Waals surface area contributed by atoms with Crippen LogP contribution in [-0.4, -0.2) is 16.7 Å². The third-order valence-corrected chi connectivity index (χ3v) is 3.28. The van der Waals surface area contributed by atoms with E-state index in [0.29, 0.717) is 0 Å². The highest BCUT2D eigenvalue weighted by Gasteiger charge is 2.43. The molecule has 0 atom stereocenters. The van der Waals surface area contributed by atoms with Crippen molar-refractivity contribution in [3.05, 3.63) is 0 Å². The molecular formula is C9H17NO. The van der Waals surface area contributed by atoms with Gasteiger partial charge in [0.15, 0.2) is 0 Å². The van der Waals surface area contributed by atoms with Gasteiger partial charge < -0.3 is 10.8 Å². The van der Waals surface area contributed by atoms with Crippen molar-refractivity contribution in [1.82, 2.24) is 0 Å². The van der Waals surface area contributed by atoms with Gasteiger partial charge in [-0.15, -0.1) is 0 Å². The molecule has 0 amide bonds. The summed E-state index contributed by atoms with van der Waals surface area (Å²) in [6.45, 7) is 0. The number of hydrogen-bond donors (Lipinski definition) is 2. The number of hydrogen-bond acceptors (Lipinski definition) is 2. The standard InChI is InChI=1S/C9H17NO/c10-9(7-1-2-7)5-3-8(11)4-6-9/h7-8,11H,1-6,10H2. The summed E-state index contributed by atoms with van der Waals surface area (Å²) in [5.74, 6) is 0.787. The van der Waals surface area contributed by atoms with Crippen molar-refractivity contribution in [2.45, 2.75) is 50.2 Å². The Kier molecular flexibility index (Phi) is 1.69. The minimum atomic E-state index is -0.0644. The first-order chi connectivity index (χ1) is 5.21. The molecule has 0 heterocycles. The van der Waals surface area contributed by atoms with Gasteiger partial charge in [-0.05, 0) is 44.4 Å². The molecule has 3 N–H and O–H groups in total. The normalized spacial score (nSPS) is 45.8. The fraction of sp³-hybridized carbons (Fsp3) is 1.00. The first-order valence-electron chi connectivity index (χ1n) is 4.68. The molecule has 2 heteroatoms. The summed E-state index contributed by atoms with van der Waals surface area (Å²) in [7, 11) is 0. The fourth-order valence-corrected chi connectivity index (χ4v) is 2.21. The molecular weight excluding hydrogens is 138 g/mol. The number of aliphatic hydroxyl groups excluding tert-OH is 1. The highest BCUT2D eigenvalue weighted by molar-refractivity contribution is 5.01. The van der Waals surface area contributed by atoms with Crippen molar-refractivity contribution in [2.75, 3.05) is 0 Å². The van der Waals surface area contributed by atoms with Crippen molar-refractivity contribution in [3.63, 3.8) is 0 Å². The Bertz CT molecular complexity index is 146. The molecule has 2 aliphatic carbocycles. The summed E-state index contributed by atoms with van der Waals surface area (Å²) in [4.78, 5) is 0. The van der Waals surface area contributed by atoms with Crippen LogP contribution in [0.25, 0.3) is 0 Å². The Morgan fingerprint density at radius 1 is 1.09 bits per heavy atom. The molecule has 2 rings (SSSR count). The minimum absolute atomic E-state index is 0.0644. The number of aliphatic hydroxyl groups is 1. The maximum Gasteiger partial charge on any atom is 0.0541 e. The molecule has 2 saturated carbocycles. The molecule has 0 spiro atoms. The third kappa shape index (κ3) is 1.42. The quantitative estimate of drug-likeness (QED) is 0.594. The van der Waals surface area contributed by atoms with Gasteiger partial charge in [0.1, 0.15) is 0 Å². The van der Waals surface area contributed by atoms with E-state index in [-0.39, 0.29) is 11.6 Å². The second kappa shape index (κ2) is 2.46. The topological polar surface area (TPSA) is 46.2 Å². The van der Waals surface area contributed by atoms with Gasteiger partial charge >= 0.3 is 0 Å². The van der Waals surface area contributed by atoms with Crippen LogP contribution in [0.4, 0.5) is 0 Å². The molecule has 64 valence electrons. The van der Waals surface area contributed by atoms with Crippen LogP contribution in [0, 0.1) is 5.92 Å². The van der Waals surface area contributed by atoms with Gasteiger partial charge in [-0.1, -0.05) is 0 Å². The number of nitrogens with two attached hydrogens (primary N) is 1. The highest BCUT2D eigenvalue weighted by Crippen LogP contribution is 2.45. The molecule has 2 aliphatic rings. The summed E-state index contributed by atoms with van der Waals surface area (Å²) < 4.78 is 0. The van der Waals surface area contributed by atoms with Crippen LogP contribution >= 0.6 is 0 Å². The van der Waals surface area contributed by atoms with Gasteiger partial charge in [-0.2, -0.15) is 0 Å². The van der Waals surface area contributed by atoms with Gasteiger partial charge in [0.25, 0.3) is 0 Å². The van der Waals surface area contributed by atoms with Gasteiger partial charge in [-0.3, -0.25) is 0 Å². The third-order valence-electron chi connectivity index (χ3n) is 3.28. The van der Waals surface area contributed by atoms with Gasteiger partial charge in [0, 0.05) is 5.54 Å². The van der Waals surface area contributed by atoms with Crippen LogP contribution in [0.2, 0.25) is 0 Å². The van der Waals surface area contributed by atoms with Gasteiger partial charge in [0.05, 0.1) is 6.10 Å². The Balaban J connectivity index is 1.93. The lowest BCUT2D eigenvalue weighted by Gasteiger charge is -2.35. The molecule has 0 aromatic carbocycles. The molecule has 11 heavy (non-hydrogen) atoms. The molecule has 2 fully saturated rings. The molecule has 0 aromatic heterocycles. The lowest BCUT2D eigenvalue weighted by atomic mass is 9.78. The molecule has 0 aromatic rings. The largest absolute Gasteiger partial charge is 0.393 e. The Hall–Kier alpha value is -0.0800. The maximum atomic E-state index is 9.29. The van der Waals surface area contributed by atoms with E-state index in [1.54, 1.807) is 0 Å². The molecule has 0 unspecified atom stereocenters. The van der Waals surface area contributed by atoms with Crippen molar-refractivity contribution >= 4 is 0 Å². The van der Waals surface area contributed by atoms with Crippen LogP contribution in [0.3, 0.4) is 0 Å². The van der Waals surface area contributed by atoms with Crippen LogP contribution in [0.5, 0.6) is 0 Å². The van der Waals surface area contributed by atoms with Gasteiger partial charge in [-0.25, -0.2) is 0 Å². The Labute approximate surface area is 67.8 Å². The summed E-state index contributed by atoms with van der Waals surface area (Å²) in [6, 6.07) is 0. The van der Waals surface area contributed by atoms with E-state index in [4.69, 9.17) is 5.73 Å². The van der Waals surface area contributed by atoms with Crippen molar-refractivity contribution in [1.29, 1.82) is 0 Å². The molecule has 0 radical (unpaired) electrons. The first kappa shape index (κ1) is 7.56. The van der Waals surface area contributed by atoms with Crippen molar-refractivity contribution in [3.8, 4) is 0 Å². The van der Waals surface area contributed by atoms with E-state index in [9.17, 15) is 5.11 Å². The zero-order chi connectivity index (χ0) is 7.90. The predicted octanol–water partition coefficient (Wildman–Crippen LogP) is 1.03. The van der Waals surface area contributed by atoms with E-state index >= 15 is 0 Å². The molecule has 2 nitrogen and oxygen atoms in total. The van der Waals surface area contributed by atoms with E-state index in [1.165, 1.54) is 12.8 Å². The lowest BCUT2D eigenvalue weighted by Crippen LogP contribution is -2.46. The minimum Gasteiger partial charge on any atom is -0.393 e. The molecule has 0 bridgehead atoms. The predicted molar refractivity (Wildman–Crippen MR) is 44.1 cm³/mol. The average Bonchev–Trinajstić information content (AvgIpc) is 2.77. The first-order valence-corrected chi connectivity index (χ1v) is 4.68. The zero-order valence-corrected chi connectivity index (χ0v) is 6.92. The summed E-state index contributed by atoms with van der Waals surface area (Å²) in [6.07, 6.45) is 6.52. The van der Waals surface area contributed by atoms with E-state index in [0.717, 1.165) is 31.6 Å². The van der Waals surface area contributed by atoms with Crippen LogP contribution < -0.4 is 5.73 Å². The monoisotopic (exact) mass is 155 g/mol. The molecule has 0 saturated heterocycles. The van der Waals surface area contributed by atoms with Crippen molar-refractivity contribution in [2.24, 2.45) is 11.7 Å². The van der Waals surface area contributed by atoms with E-state index < -0.39 is 0 Å². The Morgan fingerprint density at radius 3 is 2.09 bits per heavy atom. The SMILES string of the molecule is NC1(C2CC2)CCC(O)CC1. The van der Waals surface area contributed by atoms with E-state index in [1.807, 2.05) is 0 Å². The fourth-order valence-electron chi connectivity index (χ4n) is 2.21. The lowest BCUT2D eigenvalue weighted by molar-refractivity contribution is 0.0901. The highest BCUT2D eigenvalue weighted by atomic mass is 16.3. The van der Waals surface area contributed by atoms with Crippen molar-refractivity contribution < 1.29 is 5.11 Å². The van der Waals surface area contributed by atoms with Crippen LogP contribution in [0.15, 0.2) is 0 Å². The second-order valence-corrected chi connectivity index (χ2v) is 4.24. The summed E-state index contributed by atoms with van der Waals surface area (Å²) in [5, 5.41) is 9.29. The van der Waals surface area contributed by atoms with Crippen LogP contribution in [0.1, 0.15) is 38.5 Å². The maximum absolute atomic E-state index is 9.29. The van der Waals surface area contributed by atoms with Gasteiger partial charge in [0.2, 0.25) is 0 Å². The second-order valence-electron chi connectivity index (χ2n) is 4.24. The molecule has 0 aliphatic heterocycles. The Morgan fingerprint density at radius 2 is 1.64 bits per heavy atom. The zero-order valence-electron chi connectivity index (χ0n) is 6.92.